The van der Waals surface area contributed by atoms with Gasteiger partial charge >= 0.3 is 11.9 Å². The van der Waals surface area contributed by atoms with Crippen molar-refractivity contribution in [1.82, 2.24) is 19.4 Å². The summed E-state index contributed by atoms with van der Waals surface area (Å²) in [5.41, 5.74) is 2.30. The molecule has 1 saturated heterocycles. The summed E-state index contributed by atoms with van der Waals surface area (Å²) in [6, 6.07) is 16.0. The fraction of sp³-hybridized carbons (Fsp3) is 0.417. The molecule has 0 aliphatic carbocycles. The average Bonchev–Trinajstić information content (AvgIpc) is 3.45. The Labute approximate surface area is 282 Å². The maximum Gasteiger partial charge on any atom is 0.337 e. The molecule has 0 amide bonds. The first-order valence-electron chi connectivity index (χ1n) is 15.9. The van der Waals surface area contributed by atoms with Gasteiger partial charge in [-0.25, -0.2) is 22.7 Å². The first-order valence-corrected chi connectivity index (χ1v) is 17.4. The zero-order valence-electron chi connectivity index (χ0n) is 28.8. The molecule has 0 saturated carbocycles. The van der Waals surface area contributed by atoms with Crippen molar-refractivity contribution in [3.63, 3.8) is 0 Å². The zero-order valence-corrected chi connectivity index (χ0v) is 29.6. The smallest absolute Gasteiger partial charge is 0.337 e. The Balaban J connectivity index is 1.71. The number of benzene rings is 2. The van der Waals surface area contributed by atoms with Gasteiger partial charge in [-0.05, 0) is 79.7 Å². The van der Waals surface area contributed by atoms with Gasteiger partial charge in [0.2, 0.25) is 10.0 Å². The lowest BCUT2D eigenvalue weighted by molar-refractivity contribution is -0.150. The minimum Gasteiger partial charge on any atom is -0.457 e. The van der Waals surface area contributed by atoms with Crippen LogP contribution in [0.2, 0.25) is 0 Å². The topological polar surface area (TPSA) is 129 Å². The third-order valence-corrected chi connectivity index (χ3v) is 9.72. The molecule has 3 aromatic rings. The second-order valence-corrected chi connectivity index (χ2v) is 15.8. The van der Waals surface area contributed by atoms with E-state index < -0.39 is 39.1 Å². The third kappa shape index (κ3) is 7.56. The number of hydrogen-bond donors (Lipinski definition) is 1. The van der Waals surface area contributed by atoms with E-state index in [9.17, 15) is 18.0 Å². The first kappa shape index (κ1) is 35.1. The largest absolute Gasteiger partial charge is 0.457 e. The molecule has 0 spiro atoms. The molecule has 12 heteroatoms. The molecule has 0 radical (unpaired) electrons. The molecule has 11 nitrogen and oxygen atoms in total. The average molecular weight is 677 g/mol. The molecular formula is C36H44N4O7S. The van der Waals surface area contributed by atoms with E-state index in [1.807, 2.05) is 30.3 Å². The number of esters is 2. The van der Waals surface area contributed by atoms with Crippen LogP contribution in [0.3, 0.4) is 0 Å². The third-order valence-electron chi connectivity index (χ3n) is 7.81. The lowest BCUT2D eigenvalue weighted by Crippen LogP contribution is -2.40. The van der Waals surface area contributed by atoms with Crippen molar-refractivity contribution in [2.45, 2.75) is 77.4 Å². The summed E-state index contributed by atoms with van der Waals surface area (Å²) in [5, 5.41) is 8.18. The maximum atomic E-state index is 14.0. The van der Waals surface area contributed by atoms with Gasteiger partial charge in [0.05, 0.1) is 46.6 Å². The van der Waals surface area contributed by atoms with Crippen molar-refractivity contribution in [2.75, 3.05) is 26.3 Å². The molecule has 2 aromatic carbocycles. The van der Waals surface area contributed by atoms with Crippen molar-refractivity contribution < 1.29 is 32.2 Å². The summed E-state index contributed by atoms with van der Waals surface area (Å²) >= 11 is 0. The Bertz CT molecular complexity index is 1810. The molecular weight excluding hydrogens is 632 g/mol. The van der Waals surface area contributed by atoms with Crippen LogP contribution >= 0.6 is 0 Å². The van der Waals surface area contributed by atoms with Crippen LogP contribution in [-0.4, -0.2) is 71.9 Å². The van der Waals surface area contributed by atoms with Gasteiger partial charge in [0.1, 0.15) is 11.2 Å². The lowest BCUT2D eigenvalue weighted by Gasteiger charge is -2.33. The normalized spacial score (nSPS) is 16.9. The second kappa shape index (κ2) is 13.3. The fourth-order valence-electron chi connectivity index (χ4n) is 5.77. The van der Waals surface area contributed by atoms with Crippen molar-refractivity contribution >= 4 is 22.0 Å². The zero-order chi connectivity index (χ0) is 35.0. The number of nitrogens with zero attached hydrogens (tertiary/aromatic N) is 3. The number of dihydropyridines is 1. The van der Waals surface area contributed by atoms with Crippen molar-refractivity contribution in [3.8, 4) is 16.9 Å². The quantitative estimate of drug-likeness (QED) is 0.324. The molecule has 0 bridgehead atoms. The molecule has 0 unspecified atom stereocenters. The number of allylic oxidation sites excluding steroid dienone is 2. The number of nitrogens with one attached hydrogen (secondary N) is 1. The summed E-state index contributed by atoms with van der Waals surface area (Å²) in [4.78, 5) is 28.1. The number of carbonyl (C=O) groups excluding carboxylic acids is 2. The highest BCUT2D eigenvalue weighted by Crippen LogP contribution is 2.44. The summed E-state index contributed by atoms with van der Waals surface area (Å²) in [6.45, 7) is 15.5. The van der Waals surface area contributed by atoms with Gasteiger partial charge in [0.25, 0.3) is 0 Å². The molecule has 2 aliphatic rings. The van der Waals surface area contributed by atoms with E-state index in [1.165, 1.54) is 4.31 Å². The highest BCUT2D eigenvalue weighted by atomic mass is 32.2. The number of ether oxygens (including phenoxy) is 3. The second-order valence-electron chi connectivity index (χ2n) is 13.9. The van der Waals surface area contributed by atoms with Crippen LogP contribution in [0.4, 0.5) is 0 Å². The van der Waals surface area contributed by atoms with E-state index >= 15 is 0 Å². The van der Waals surface area contributed by atoms with E-state index in [1.54, 1.807) is 90.5 Å². The maximum absolute atomic E-state index is 14.0. The SMILES string of the molecule is CC1=C(C(=O)OC(C)(C)C)C(c2cn(-c3ccccc3)nc2-c2ccc(S(=O)(=O)N3CCOCC3)cc2)C(C(=O)OC(C)(C)C)=C(C)N1. The van der Waals surface area contributed by atoms with Crippen LogP contribution in [0, 0.1) is 0 Å². The number of sulfonamides is 1. The minimum atomic E-state index is -3.74. The van der Waals surface area contributed by atoms with E-state index in [0.29, 0.717) is 41.4 Å². The Morgan fingerprint density at radius 2 is 1.35 bits per heavy atom. The predicted octanol–water partition coefficient (Wildman–Crippen LogP) is 5.48. The van der Waals surface area contributed by atoms with Gasteiger partial charge < -0.3 is 19.5 Å². The van der Waals surface area contributed by atoms with Gasteiger partial charge in [-0.15, -0.1) is 0 Å². The van der Waals surface area contributed by atoms with Gasteiger partial charge in [0.15, 0.2) is 0 Å². The Kier molecular flexibility index (Phi) is 9.74. The monoisotopic (exact) mass is 676 g/mol. The van der Waals surface area contributed by atoms with Crippen LogP contribution in [0.25, 0.3) is 16.9 Å². The molecule has 3 heterocycles. The molecule has 5 rings (SSSR count). The number of hydrogen-bond acceptors (Lipinski definition) is 9. The number of morpholine rings is 1. The molecule has 2 aliphatic heterocycles. The summed E-state index contributed by atoms with van der Waals surface area (Å²) in [5.74, 6) is -2.10. The Morgan fingerprint density at radius 1 is 0.833 bits per heavy atom. The number of carbonyl (C=O) groups is 2. The number of para-hydroxylation sites is 1. The van der Waals surface area contributed by atoms with Gasteiger partial charge in [0, 0.05) is 41.8 Å². The van der Waals surface area contributed by atoms with E-state index in [2.05, 4.69) is 5.32 Å². The Hall–Kier alpha value is -4.26. The van der Waals surface area contributed by atoms with Crippen molar-refractivity contribution in [1.29, 1.82) is 0 Å². The number of aromatic nitrogens is 2. The van der Waals surface area contributed by atoms with Crippen LogP contribution in [0.5, 0.6) is 0 Å². The predicted molar refractivity (Wildman–Crippen MR) is 182 cm³/mol. The molecule has 1 fully saturated rings. The minimum absolute atomic E-state index is 0.148. The molecule has 1 aromatic heterocycles. The number of rotatable bonds is 7. The van der Waals surface area contributed by atoms with Gasteiger partial charge in [-0.1, -0.05) is 30.3 Å². The van der Waals surface area contributed by atoms with E-state index in [-0.39, 0.29) is 29.1 Å². The van der Waals surface area contributed by atoms with Gasteiger partial charge in [-0.3, -0.25) is 0 Å². The molecule has 1 N–H and O–H groups in total. The van der Waals surface area contributed by atoms with Crippen LogP contribution < -0.4 is 5.32 Å². The highest BCUT2D eigenvalue weighted by Gasteiger charge is 2.42. The summed E-state index contributed by atoms with van der Waals surface area (Å²) in [6.07, 6.45) is 1.80. The van der Waals surface area contributed by atoms with Crippen molar-refractivity contribution in [2.24, 2.45) is 0 Å². The Morgan fingerprint density at radius 3 is 1.85 bits per heavy atom. The van der Waals surface area contributed by atoms with Gasteiger partial charge in [-0.2, -0.15) is 9.40 Å². The lowest BCUT2D eigenvalue weighted by atomic mass is 9.79. The first-order chi connectivity index (χ1) is 22.5. The van der Waals surface area contributed by atoms with Crippen LogP contribution in [0.15, 0.2) is 88.2 Å². The molecule has 0 atom stereocenters. The van der Waals surface area contributed by atoms with E-state index in [0.717, 1.165) is 5.69 Å². The summed E-state index contributed by atoms with van der Waals surface area (Å²) < 4.78 is 47.0. The van der Waals surface area contributed by atoms with Crippen LogP contribution in [0.1, 0.15) is 66.9 Å². The summed E-state index contributed by atoms with van der Waals surface area (Å²) in [7, 11) is -3.74. The molecule has 48 heavy (non-hydrogen) atoms. The molecule has 256 valence electrons. The fourth-order valence-corrected chi connectivity index (χ4v) is 7.18. The van der Waals surface area contributed by atoms with E-state index in [4.69, 9.17) is 19.3 Å². The standard InChI is InChI=1S/C36H44N4O7S/c1-23-29(33(41)46-35(3,4)5)31(30(24(2)37-23)34(42)47-36(6,7)8)28-22-40(26-12-10-9-11-13-26)38-32(28)25-14-16-27(17-15-25)48(43,44)39-18-20-45-21-19-39/h9-17,22,31,37H,18-21H2,1-8H3. The van der Waals surface area contributed by atoms with Crippen molar-refractivity contribution in [3.05, 3.63) is 88.9 Å². The highest BCUT2D eigenvalue weighted by molar-refractivity contribution is 7.89. The van der Waals surface area contributed by atoms with Crippen LogP contribution in [-0.2, 0) is 33.8 Å².